The van der Waals surface area contributed by atoms with Crippen LogP contribution in [0.25, 0.3) is 99.8 Å². The van der Waals surface area contributed by atoms with Gasteiger partial charge in [0.25, 0.3) is 50.1 Å². The lowest BCUT2D eigenvalue weighted by Crippen LogP contribution is -2.38. The Balaban J connectivity index is 0.000000124. The summed E-state index contributed by atoms with van der Waals surface area (Å²) in [5.74, 6) is 0. The summed E-state index contributed by atoms with van der Waals surface area (Å²) in [5.41, 5.74) is 10.9. The van der Waals surface area contributed by atoms with E-state index in [1.807, 2.05) is 127 Å². The molecule has 0 spiro atoms. The highest BCUT2D eigenvalue weighted by molar-refractivity contribution is 9.11. The van der Waals surface area contributed by atoms with Gasteiger partial charge in [0.2, 0.25) is 0 Å². The van der Waals surface area contributed by atoms with Gasteiger partial charge in [0.1, 0.15) is 11.1 Å². The summed E-state index contributed by atoms with van der Waals surface area (Å²) in [6, 6.07) is 89.1. The standard InChI is InChI=1S/C35H25BrN4O2S.C25H21N3O3S.C22H15BrN4O4S2.C21H19BrN4O4S/c36-30-21-32-33(25-39(34(32)37-23-30)43(41,42)31-19-11-4-12-20-31)26-22-38-40(24-26)35(27-13-5-1-6-14-27,28-15-7-2-8-16-28)29-17-9-3-10-18-29;1-27(2)21-10-8-18(9-11-21)20-14-23-24(19-12-13-31-17-19)16-28(25(23)26-15-20)32(29,30)22-6-4-3-5-7-22;23-17-11-20-21(16-12-25-27(14-16)33(30,31)19-9-5-2-6-10-19)15-26(22(20)24-13-17)32(28,29)18-7-3-1-4-8-18;1-21(2,3)30-20(27)25-12-14(10-24-25)18-13-26(19-17(18)9-15(22)11-23-19)31(28,29)16-7-5-4-6-8-16/h1-25H;3-17H,1-2H3;1-15H;4-13H,1-3H3. The van der Waals surface area contributed by atoms with E-state index in [0.29, 0.717) is 64.2 Å². The van der Waals surface area contributed by atoms with E-state index in [9.17, 15) is 46.9 Å². The van der Waals surface area contributed by atoms with E-state index >= 15 is 0 Å². The van der Waals surface area contributed by atoms with E-state index in [1.54, 1.807) is 192 Å². The number of nitrogens with zero attached hydrogens (tertiary/aromatic N) is 15. The summed E-state index contributed by atoms with van der Waals surface area (Å²) in [7, 11) is -15.4. The highest BCUT2D eigenvalue weighted by atomic mass is 79.9. The first-order valence-electron chi connectivity index (χ1n) is 42.7. The van der Waals surface area contributed by atoms with Crippen LogP contribution in [0.3, 0.4) is 0 Å². The van der Waals surface area contributed by atoms with Gasteiger partial charge in [0.05, 0.1) is 61.8 Å². The average Bonchev–Trinajstić information content (AvgIpc) is 1.72. The van der Waals surface area contributed by atoms with Crippen LogP contribution in [0, 0.1) is 0 Å². The number of anilines is 1. The van der Waals surface area contributed by atoms with Crippen molar-refractivity contribution in [2.45, 2.75) is 56.4 Å². The third-order valence-electron chi connectivity index (χ3n) is 22.5. The first kappa shape index (κ1) is 94.5. The van der Waals surface area contributed by atoms with Gasteiger partial charge < -0.3 is 14.1 Å². The molecule has 28 nitrogen and oxygen atoms in total. The van der Waals surface area contributed by atoms with Crippen LogP contribution in [-0.4, -0.2) is 132 Å². The van der Waals surface area contributed by atoms with Crippen molar-refractivity contribution in [2.24, 2.45) is 0 Å². The highest BCUT2D eigenvalue weighted by Crippen LogP contribution is 2.45. The van der Waals surface area contributed by atoms with Gasteiger partial charge in [-0.25, -0.2) is 74.3 Å². The molecule has 0 fully saturated rings. The van der Waals surface area contributed by atoms with Crippen LogP contribution in [0.1, 0.15) is 37.5 Å². The van der Waals surface area contributed by atoms with Crippen molar-refractivity contribution < 1.29 is 56.0 Å². The zero-order valence-corrected chi connectivity index (χ0v) is 83.1. The lowest BCUT2D eigenvalue weighted by molar-refractivity contribution is 0.0514. The molecular formula is C103H80Br3N15O13S5. The molecule has 21 rings (SSSR count). The second-order valence-corrected chi connectivity index (χ2v) is 44.6. The Kier molecular flexibility index (Phi) is 26.2. The Morgan fingerprint density at radius 2 is 0.655 bits per heavy atom. The number of halogens is 3. The Morgan fingerprint density at radius 1 is 0.331 bits per heavy atom. The zero-order chi connectivity index (χ0) is 97.3. The monoisotopic (exact) mass is 2130 g/mol. The predicted molar refractivity (Wildman–Crippen MR) is 545 cm³/mol. The van der Waals surface area contributed by atoms with Crippen molar-refractivity contribution in [3.05, 3.63) is 427 Å². The number of hydrogen-bond donors (Lipinski definition) is 0. The van der Waals surface area contributed by atoms with Crippen molar-refractivity contribution >= 4 is 154 Å². The topological polar surface area (TPSA) is 338 Å². The summed E-state index contributed by atoms with van der Waals surface area (Å²) in [5, 5.41) is 15.7. The molecule has 9 aromatic carbocycles. The summed E-state index contributed by atoms with van der Waals surface area (Å²) < 4.78 is 155. The molecule has 0 saturated carbocycles. The predicted octanol–water partition coefficient (Wildman–Crippen LogP) is 21.8. The Labute approximate surface area is 825 Å². The molecule has 0 aliphatic carbocycles. The number of hydrogen-bond acceptors (Lipinski definition) is 21. The summed E-state index contributed by atoms with van der Waals surface area (Å²) in [6.07, 6.45) is 24.6. The summed E-state index contributed by atoms with van der Waals surface area (Å²) in [4.78, 5) is 32.9. The fourth-order valence-corrected chi connectivity index (χ4v) is 23.5. The van der Waals surface area contributed by atoms with Gasteiger partial charge in [-0.2, -0.15) is 32.5 Å². The zero-order valence-electron chi connectivity index (χ0n) is 74.2. The Bertz CT molecular complexity index is 8650. The Hall–Kier alpha value is -14.9. The van der Waals surface area contributed by atoms with E-state index in [-0.39, 0.29) is 35.8 Å². The van der Waals surface area contributed by atoms with Crippen LogP contribution in [0.15, 0.2) is 439 Å². The quantitative estimate of drug-likeness (QED) is 0.0640. The summed E-state index contributed by atoms with van der Waals surface area (Å²) >= 11 is 10.3. The van der Waals surface area contributed by atoms with Gasteiger partial charge in [-0.1, -0.05) is 194 Å². The van der Waals surface area contributed by atoms with Crippen LogP contribution in [0.4, 0.5) is 10.5 Å². The molecule has 12 heterocycles. The van der Waals surface area contributed by atoms with E-state index in [1.165, 1.54) is 93.9 Å². The molecule has 0 saturated heterocycles. The van der Waals surface area contributed by atoms with Gasteiger partial charge in [-0.05, 0) is 194 Å². The number of pyridine rings is 4. The second kappa shape index (κ2) is 38.6. The minimum Gasteiger partial charge on any atom is -0.472 e. The molecule has 0 radical (unpaired) electrons. The van der Waals surface area contributed by atoms with Crippen molar-refractivity contribution in [2.75, 3.05) is 19.0 Å². The Morgan fingerprint density at radius 3 is 1.01 bits per heavy atom. The second-order valence-electron chi connectivity index (χ2n) is 32.8. The number of furan rings is 1. The number of aromatic nitrogens is 14. The number of carbonyl (C=O) groups excluding carboxylic acids is 1. The van der Waals surface area contributed by atoms with Crippen molar-refractivity contribution in [3.8, 4) is 55.6 Å². The van der Waals surface area contributed by atoms with Crippen molar-refractivity contribution in [1.29, 1.82) is 0 Å². The van der Waals surface area contributed by atoms with Crippen molar-refractivity contribution in [3.63, 3.8) is 0 Å². The van der Waals surface area contributed by atoms with E-state index < -0.39 is 67.3 Å². The molecule has 0 aliphatic heterocycles. The molecule has 139 heavy (non-hydrogen) atoms. The maximum absolute atomic E-state index is 13.8. The molecule has 0 atom stereocenters. The molecule has 12 aromatic heterocycles. The SMILES string of the molecule is CC(C)(C)OC(=O)n1cc(-c2cn(S(=O)(=O)c3ccccc3)c3ncc(Br)cc23)cn1.CN(C)c1ccc(-c2cnc3c(c2)c(-c2ccoc2)cn3S(=O)(=O)c2ccccc2)cc1.O=S(=O)(c1ccccc1)n1cc(-c2cn(S(=O)(=O)c3ccccc3)c3ncc(Br)cc23)cn1.O=S(=O)(c1ccccc1)n1cc(-c2cnn(C(c3ccccc3)(c3ccccc3)c3ccccc3)c2)c2cc(Br)cnc21. The van der Waals surface area contributed by atoms with Crippen LogP contribution in [0.2, 0.25) is 0 Å². The lowest BCUT2D eigenvalue weighted by Gasteiger charge is -2.36. The third kappa shape index (κ3) is 18.8. The number of rotatable bonds is 20. The van der Waals surface area contributed by atoms with Gasteiger partial charge in [0, 0.05) is 167 Å². The van der Waals surface area contributed by atoms with Gasteiger partial charge in [-0.15, -0.1) is 0 Å². The summed E-state index contributed by atoms with van der Waals surface area (Å²) in [6.45, 7) is 5.29. The first-order chi connectivity index (χ1) is 66.8. The molecule has 36 heteroatoms. The smallest absolute Gasteiger partial charge is 0.435 e. The lowest BCUT2D eigenvalue weighted by atomic mass is 9.77. The number of benzene rings is 9. The van der Waals surface area contributed by atoms with Crippen LogP contribution in [0.5, 0.6) is 0 Å². The normalized spacial score (nSPS) is 12.1. The number of fused-ring (bicyclic) bond motifs is 4. The van der Waals surface area contributed by atoms with E-state index in [2.05, 4.69) is 114 Å². The van der Waals surface area contributed by atoms with E-state index in [0.717, 1.165) is 76.8 Å². The fourth-order valence-electron chi connectivity index (χ4n) is 16.0. The van der Waals surface area contributed by atoms with Crippen LogP contribution >= 0.6 is 47.8 Å². The molecule has 0 N–H and O–H groups in total. The van der Waals surface area contributed by atoms with Gasteiger partial charge >= 0.3 is 6.09 Å². The van der Waals surface area contributed by atoms with E-state index in [4.69, 9.17) is 14.3 Å². The average molecular weight is 2140 g/mol. The van der Waals surface area contributed by atoms with Gasteiger partial charge in [-0.3, -0.25) is 4.68 Å². The molecule has 0 aliphatic rings. The maximum Gasteiger partial charge on any atom is 0.435 e. The minimum absolute atomic E-state index is 0.0955. The van der Waals surface area contributed by atoms with Crippen molar-refractivity contribution in [1.82, 2.24) is 64.6 Å². The minimum atomic E-state index is -3.94. The third-order valence-corrected chi connectivity index (χ3v) is 32.1. The maximum atomic E-state index is 13.8. The highest BCUT2D eigenvalue weighted by Gasteiger charge is 2.40. The molecule has 696 valence electrons. The number of carbonyl (C=O) groups is 1. The fraction of sp³-hybridized carbons (Fsp3) is 0.0680. The largest absolute Gasteiger partial charge is 0.472 e. The van der Waals surface area contributed by atoms with Gasteiger partial charge in [0.15, 0.2) is 22.6 Å². The molecular weight excluding hydrogens is 2060 g/mol. The molecule has 0 amide bonds. The number of ether oxygens (including phenoxy) is 1. The molecule has 0 unspecified atom stereocenters. The molecule has 0 bridgehead atoms. The van der Waals surface area contributed by atoms with Crippen LogP contribution in [-0.2, 0) is 60.4 Å². The molecule has 21 aromatic rings. The first-order valence-corrected chi connectivity index (χ1v) is 52.3. The van der Waals surface area contributed by atoms with Crippen LogP contribution < -0.4 is 4.90 Å².